The van der Waals surface area contributed by atoms with Gasteiger partial charge in [-0.1, -0.05) is 0 Å². The van der Waals surface area contributed by atoms with Gasteiger partial charge in [-0.2, -0.15) is 0 Å². The fraction of sp³-hybridized carbons (Fsp3) is 0.385. The molecule has 1 rings (SSSR count). The Bertz CT molecular complexity index is 514. The molecular weight excluding hydrogens is 280 g/mol. The van der Waals surface area contributed by atoms with Crippen LogP contribution in [0.5, 0.6) is 5.75 Å². The largest absolute Gasteiger partial charge is 0.490 e. The zero-order valence-corrected chi connectivity index (χ0v) is 11.7. The van der Waals surface area contributed by atoms with Crippen LogP contribution in [0.25, 0.3) is 0 Å². The van der Waals surface area contributed by atoms with Crippen molar-refractivity contribution < 1.29 is 24.0 Å². The predicted octanol–water partition coefficient (Wildman–Crippen LogP) is 1.04. The van der Waals surface area contributed by atoms with Gasteiger partial charge in [-0.05, 0) is 12.1 Å². The highest BCUT2D eigenvalue weighted by Crippen LogP contribution is 2.17. The summed E-state index contributed by atoms with van der Waals surface area (Å²) in [5.74, 6) is -0.333. The van der Waals surface area contributed by atoms with E-state index >= 15 is 0 Å². The molecular formula is C13H16N2O6. The van der Waals surface area contributed by atoms with E-state index in [4.69, 9.17) is 9.47 Å². The van der Waals surface area contributed by atoms with Gasteiger partial charge in [-0.15, -0.1) is 0 Å². The van der Waals surface area contributed by atoms with E-state index < -0.39 is 17.0 Å². The van der Waals surface area contributed by atoms with E-state index in [1.807, 2.05) is 0 Å². The standard InChI is InChI=1S/C13H16N2O6/c1-9(16)14-7-13(21-10(2)17)8-20-12-5-3-11(4-6-12)15(18)19/h3-6,13H,7-8H2,1-2H3,(H,14,16). The number of carbonyl (C=O) groups excluding carboxylic acids is 2. The molecule has 1 atom stereocenters. The maximum atomic E-state index is 11.0. The van der Waals surface area contributed by atoms with Crippen LogP contribution < -0.4 is 10.1 Å². The van der Waals surface area contributed by atoms with Crippen molar-refractivity contribution in [3.8, 4) is 5.75 Å². The van der Waals surface area contributed by atoms with Crippen LogP contribution in [-0.4, -0.2) is 36.1 Å². The average molecular weight is 296 g/mol. The number of non-ortho nitro benzene ring substituents is 1. The molecule has 1 aromatic rings. The molecule has 21 heavy (non-hydrogen) atoms. The summed E-state index contributed by atoms with van der Waals surface area (Å²) in [7, 11) is 0. The minimum Gasteiger partial charge on any atom is -0.490 e. The number of nitrogens with zero attached hydrogens (tertiary/aromatic N) is 1. The van der Waals surface area contributed by atoms with Crippen LogP contribution in [0.3, 0.4) is 0 Å². The van der Waals surface area contributed by atoms with E-state index in [1.165, 1.54) is 38.1 Å². The van der Waals surface area contributed by atoms with Crippen LogP contribution in [0.4, 0.5) is 5.69 Å². The van der Waals surface area contributed by atoms with E-state index in [1.54, 1.807) is 0 Å². The molecule has 114 valence electrons. The first kappa shape index (κ1) is 16.4. The molecule has 1 aromatic carbocycles. The molecule has 8 nitrogen and oxygen atoms in total. The lowest BCUT2D eigenvalue weighted by atomic mass is 10.3. The summed E-state index contributed by atoms with van der Waals surface area (Å²) in [4.78, 5) is 31.8. The molecule has 0 aliphatic rings. The van der Waals surface area contributed by atoms with Gasteiger partial charge < -0.3 is 14.8 Å². The minimum atomic E-state index is -0.637. The van der Waals surface area contributed by atoms with Crippen LogP contribution in [0.2, 0.25) is 0 Å². The van der Waals surface area contributed by atoms with Gasteiger partial charge in [0.15, 0.2) is 6.10 Å². The molecule has 0 spiro atoms. The van der Waals surface area contributed by atoms with E-state index in [0.717, 1.165) is 0 Å². The van der Waals surface area contributed by atoms with Gasteiger partial charge in [0.2, 0.25) is 5.91 Å². The van der Waals surface area contributed by atoms with Crippen LogP contribution in [0, 0.1) is 10.1 Å². The lowest BCUT2D eigenvalue weighted by Crippen LogP contribution is -2.37. The van der Waals surface area contributed by atoms with Gasteiger partial charge in [0.1, 0.15) is 12.4 Å². The number of esters is 1. The zero-order valence-electron chi connectivity index (χ0n) is 11.7. The Morgan fingerprint density at radius 1 is 1.29 bits per heavy atom. The number of hydrogen-bond donors (Lipinski definition) is 1. The number of ether oxygens (including phenoxy) is 2. The number of nitro benzene ring substituents is 1. The molecule has 0 aliphatic heterocycles. The summed E-state index contributed by atoms with van der Waals surface area (Å²) in [5.41, 5.74) is -0.0443. The fourth-order valence-electron chi connectivity index (χ4n) is 1.48. The van der Waals surface area contributed by atoms with Crippen molar-refractivity contribution in [1.82, 2.24) is 5.32 Å². The van der Waals surface area contributed by atoms with Crippen molar-refractivity contribution in [2.45, 2.75) is 20.0 Å². The van der Waals surface area contributed by atoms with Crippen molar-refractivity contribution in [3.05, 3.63) is 34.4 Å². The van der Waals surface area contributed by atoms with E-state index in [9.17, 15) is 19.7 Å². The Balaban J connectivity index is 2.56. The van der Waals surface area contributed by atoms with Crippen molar-refractivity contribution in [1.29, 1.82) is 0 Å². The second-order valence-corrected chi connectivity index (χ2v) is 4.23. The Kier molecular flexibility index (Phi) is 6.12. The second kappa shape index (κ2) is 7.83. The molecule has 1 amide bonds. The van der Waals surface area contributed by atoms with Crippen molar-refractivity contribution in [2.24, 2.45) is 0 Å². The Hall–Kier alpha value is -2.64. The molecule has 1 N–H and O–H groups in total. The molecule has 8 heteroatoms. The van der Waals surface area contributed by atoms with Crippen molar-refractivity contribution in [2.75, 3.05) is 13.2 Å². The second-order valence-electron chi connectivity index (χ2n) is 4.23. The number of benzene rings is 1. The maximum absolute atomic E-state index is 11.0. The van der Waals surface area contributed by atoms with Gasteiger partial charge in [-0.25, -0.2) is 0 Å². The Morgan fingerprint density at radius 3 is 2.38 bits per heavy atom. The quantitative estimate of drug-likeness (QED) is 0.457. The topological polar surface area (TPSA) is 108 Å². The number of nitrogens with one attached hydrogen (secondary N) is 1. The number of amides is 1. The van der Waals surface area contributed by atoms with Gasteiger partial charge in [0.25, 0.3) is 5.69 Å². The van der Waals surface area contributed by atoms with Crippen molar-refractivity contribution >= 4 is 17.6 Å². The molecule has 0 fully saturated rings. The normalized spacial score (nSPS) is 11.3. The first-order valence-electron chi connectivity index (χ1n) is 6.17. The summed E-state index contributed by atoms with van der Waals surface area (Å²) in [5, 5.41) is 13.0. The highest BCUT2D eigenvalue weighted by atomic mass is 16.6. The minimum absolute atomic E-state index is 0.0255. The van der Waals surface area contributed by atoms with Gasteiger partial charge in [0, 0.05) is 26.0 Å². The lowest BCUT2D eigenvalue weighted by molar-refractivity contribution is -0.384. The smallest absolute Gasteiger partial charge is 0.303 e. The molecule has 0 radical (unpaired) electrons. The third kappa shape index (κ3) is 6.37. The summed E-state index contributed by atoms with van der Waals surface area (Å²) in [6.07, 6.45) is -0.637. The summed E-state index contributed by atoms with van der Waals surface area (Å²) in [6.45, 7) is 2.76. The zero-order chi connectivity index (χ0) is 15.8. The molecule has 0 bridgehead atoms. The predicted molar refractivity (Wildman–Crippen MR) is 72.8 cm³/mol. The van der Waals surface area contributed by atoms with E-state index in [0.29, 0.717) is 5.75 Å². The summed E-state index contributed by atoms with van der Waals surface area (Å²) >= 11 is 0. The first-order valence-corrected chi connectivity index (χ1v) is 6.17. The van der Waals surface area contributed by atoms with Crippen LogP contribution in [0.15, 0.2) is 24.3 Å². The van der Waals surface area contributed by atoms with Gasteiger partial charge >= 0.3 is 5.97 Å². The Labute approximate surface area is 121 Å². The molecule has 0 aliphatic carbocycles. The van der Waals surface area contributed by atoms with Crippen LogP contribution in [0.1, 0.15) is 13.8 Å². The highest BCUT2D eigenvalue weighted by Gasteiger charge is 2.14. The summed E-state index contributed by atoms with van der Waals surface area (Å²) < 4.78 is 10.4. The van der Waals surface area contributed by atoms with Gasteiger partial charge in [-0.3, -0.25) is 19.7 Å². The first-order chi connectivity index (χ1) is 9.88. The third-order valence-corrected chi connectivity index (χ3v) is 2.39. The van der Waals surface area contributed by atoms with Crippen LogP contribution in [-0.2, 0) is 14.3 Å². The third-order valence-electron chi connectivity index (χ3n) is 2.39. The Morgan fingerprint density at radius 2 is 1.90 bits per heavy atom. The van der Waals surface area contributed by atoms with Crippen molar-refractivity contribution in [3.63, 3.8) is 0 Å². The molecule has 0 aromatic heterocycles. The molecule has 0 saturated heterocycles. The number of carbonyl (C=O) groups is 2. The maximum Gasteiger partial charge on any atom is 0.303 e. The number of rotatable bonds is 7. The van der Waals surface area contributed by atoms with E-state index in [-0.39, 0.29) is 24.7 Å². The average Bonchev–Trinajstić information content (AvgIpc) is 2.41. The molecule has 0 heterocycles. The fourth-order valence-corrected chi connectivity index (χ4v) is 1.48. The monoisotopic (exact) mass is 296 g/mol. The van der Waals surface area contributed by atoms with Gasteiger partial charge in [0.05, 0.1) is 11.5 Å². The lowest BCUT2D eigenvalue weighted by Gasteiger charge is -2.17. The summed E-state index contributed by atoms with van der Waals surface area (Å²) in [6, 6.07) is 5.51. The molecule has 0 saturated carbocycles. The van der Waals surface area contributed by atoms with E-state index in [2.05, 4.69) is 5.32 Å². The SMILES string of the molecule is CC(=O)NCC(COc1ccc([N+](=O)[O-])cc1)OC(C)=O. The number of hydrogen-bond acceptors (Lipinski definition) is 6. The number of nitro groups is 1. The highest BCUT2D eigenvalue weighted by molar-refractivity contribution is 5.72. The molecule has 1 unspecified atom stereocenters. The van der Waals surface area contributed by atoms with Crippen LogP contribution >= 0.6 is 0 Å².